The van der Waals surface area contributed by atoms with Crippen LogP contribution in [0.15, 0.2) is 39.3 Å². The normalized spacial score (nSPS) is 11.3. The van der Waals surface area contributed by atoms with Crippen molar-refractivity contribution in [1.29, 1.82) is 0 Å². The molecule has 0 fully saturated rings. The number of hydrogen-bond acceptors (Lipinski definition) is 4. The summed E-state index contributed by atoms with van der Waals surface area (Å²) in [5, 5.41) is 20.0. The van der Waals surface area contributed by atoms with Crippen molar-refractivity contribution in [2.24, 2.45) is 17.3 Å². The molecule has 0 atom stereocenters. The average molecular weight is 375 g/mol. The Morgan fingerprint density at radius 1 is 1.15 bits per heavy atom. The molecule has 6 nitrogen and oxygen atoms in total. The molecule has 7 heteroatoms. The van der Waals surface area contributed by atoms with E-state index in [4.69, 9.17) is 12.2 Å². The minimum Gasteiger partial charge on any atom is -0.494 e. The summed E-state index contributed by atoms with van der Waals surface area (Å²) in [5.41, 5.74) is -0.212. The number of azo groups is 1. The summed E-state index contributed by atoms with van der Waals surface area (Å²) in [7, 11) is 1.51. The largest absolute Gasteiger partial charge is 0.494 e. The fourth-order valence-electron chi connectivity index (χ4n) is 2.69. The molecule has 2 aromatic rings. The standard InChI is InChI=1S/C19H26N4O2S/c1-4-6-12-23(13-7-5-2)19(26)21-20-16-14-10-8-9-11-15(14)17(24)22(3)18(16)25/h8-11,24H,4-7,12-13H2,1-3H3. The topological polar surface area (TPSA) is 70.2 Å². The third kappa shape index (κ3) is 4.46. The third-order valence-corrected chi connectivity index (χ3v) is 4.66. The van der Waals surface area contributed by atoms with E-state index in [0.717, 1.165) is 38.8 Å². The Bertz CT molecular complexity index is 852. The van der Waals surface area contributed by atoms with E-state index in [0.29, 0.717) is 15.9 Å². The van der Waals surface area contributed by atoms with Crippen LogP contribution in [0.1, 0.15) is 39.5 Å². The zero-order chi connectivity index (χ0) is 19.1. The van der Waals surface area contributed by atoms with E-state index in [1.807, 2.05) is 4.90 Å². The molecular formula is C19H26N4O2S. The van der Waals surface area contributed by atoms with Gasteiger partial charge in [0.25, 0.3) is 5.56 Å². The molecule has 0 saturated heterocycles. The van der Waals surface area contributed by atoms with E-state index >= 15 is 0 Å². The van der Waals surface area contributed by atoms with E-state index in [1.54, 1.807) is 24.3 Å². The molecule has 0 aliphatic rings. The Morgan fingerprint density at radius 2 is 1.73 bits per heavy atom. The molecule has 1 heterocycles. The number of rotatable bonds is 7. The monoisotopic (exact) mass is 374 g/mol. The number of hydrogen-bond donors (Lipinski definition) is 1. The van der Waals surface area contributed by atoms with Crippen LogP contribution >= 0.6 is 12.2 Å². The van der Waals surface area contributed by atoms with Gasteiger partial charge in [0.05, 0.1) is 0 Å². The molecular weight excluding hydrogens is 348 g/mol. The number of pyridine rings is 1. The van der Waals surface area contributed by atoms with E-state index in [2.05, 4.69) is 24.1 Å². The number of benzene rings is 1. The summed E-state index contributed by atoms with van der Waals surface area (Å²) in [6.07, 6.45) is 4.21. The fourth-order valence-corrected chi connectivity index (χ4v) is 2.91. The predicted octanol–water partition coefficient (Wildman–Crippen LogP) is 4.51. The average Bonchev–Trinajstić information content (AvgIpc) is 2.66. The summed E-state index contributed by atoms with van der Waals surface area (Å²) in [6, 6.07) is 7.10. The van der Waals surface area contributed by atoms with Gasteiger partial charge in [-0.2, -0.15) is 0 Å². The quantitative estimate of drug-likeness (QED) is 0.571. The summed E-state index contributed by atoms with van der Waals surface area (Å²) < 4.78 is 1.17. The van der Waals surface area contributed by atoms with Crippen LogP contribution in [0.5, 0.6) is 5.88 Å². The number of fused-ring (bicyclic) bond motifs is 1. The molecule has 0 unspecified atom stereocenters. The van der Waals surface area contributed by atoms with Gasteiger partial charge < -0.3 is 10.0 Å². The highest BCUT2D eigenvalue weighted by atomic mass is 32.1. The van der Waals surface area contributed by atoms with Crippen LogP contribution in [0.25, 0.3) is 10.8 Å². The smallest absolute Gasteiger partial charge is 0.281 e. The van der Waals surface area contributed by atoms with E-state index in [1.165, 1.54) is 11.6 Å². The first kappa shape index (κ1) is 20.0. The lowest BCUT2D eigenvalue weighted by Crippen LogP contribution is -2.30. The second-order valence-corrected chi connectivity index (χ2v) is 6.62. The number of aromatic hydroxyl groups is 1. The van der Waals surface area contributed by atoms with Crippen molar-refractivity contribution in [2.75, 3.05) is 13.1 Å². The Kier molecular flexibility index (Phi) is 7.26. The maximum absolute atomic E-state index is 12.5. The Morgan fingerprint density at radius 3 is 2.31 bits per heavy atom. The van der Waals surface area contributed by atoms with Crippen molar-refractivity contribution >= 4 is 33.8 Å². The number of nitrogens with zero attached hydrogens (tertiary/aromatic N) is 4. The number of unbranched alkanes of at least 4 members (excludes halogenated alkanes) is 2. The summed E-state index contributed by atoms with van der Waals surface area (Å²) >= 11 is 5.43. The Hall–Kier alpha value is -2.28. The van der Waals surface area contributed by atoms with Gasteiger partial charge >= 0.3 is 0 Å². The van der Waals surface area contributed by atoms with E-state index in [-0.39, 0.29) is 11.6 Å². The van der Waals surface area contributed by atoms with Crippen molar-refractivity contribution in [2.45, 2.75) is 39.5 Å². The highest BCUT2D eigenvalue weighted by molar-refractivity contribution is 7.80. The number of aromatic nitrogens is 1. The van der Waals surface area contributed by atoms with Crippen LogP contribution in [0, 0.1) is 0 Å². The molecule has 0 spiro atoms. The molecule has 0 saturated carbocycles. The fraction of sp³-hybridized carbons (Fsp3) is 0.474. The molecule has 1 N–H and O–H groups in total. The summed E-state index contributed by atoms with van der Waals surface area (Å²) in [6.45, 7) is 5.94. The molecule has 0 radical (unpaired) electrons. The van der Waals surface area contributed by atoms with E-state index in [9.17, 15) is 9.90 Å². The van der Waals surface area contributed by atoms with Crippen LogP contribution in [0.4, 0.5) is 5.69 Å². The van der Waals surface area contributed by atoms with Crippen LogP contribution in [-0.2, 0) is 7.05 Å². The minimum atomic E-state index is -0.401. The molecule has 26 heavy (non-hydrogen) atoms. The summed E-state index contributed by atoms with van der Waals surface area (Å²) in [5.74, 6) is -0.0837. The highest BCUT2D eigenvalue weighted by Crippen LogP contribution is 2.29. The molecule has 2 rings (SSSR count). The first-order valence-electron chi connectivity index (χ1n) is 9.02. The maximum Gasteiger partial charge on any atom is 0.281 e. The first-order chi connectivity index (χ1) is 12.5. The van der Waals surface area contributed by atoms with Gasteiger partial charge in [0.1, 0.15) is 0 Å². The predicted molar refractivity (Wildman–Crippen MR) is 109 cm³/mol. The Balaban J connectivity index is 2.37. The lowest BCUT2D eigenvalue weighted by atomic mass is 10.1. The zero-order valence-electron chi connectivity index (χ0n) is 15.6. The highest BCUT2D eigenvalue weighted by Gasteiger charge is 2.14. The molecule has 0 amide bonds. The van der Waals surface area contributed by atoms with Gasteiger partial charge in [0.2, 0.25) is 11.0 Å². The van der Waals surface area contributed by atoms with Crippen LogP contribution in [0.2, 0.25) is 0 Å². The first-order valence-corrected chi connectivity index (χ1v) is 9.43. The minimum absolute atomic E-state index is 0.0837. The number of thiocarbonyl (C=S) groups is 1. The van der Waals surface area contributed by atoms with Gasteiger partial charge in [0.15, 0.2) is 5.69 Å². The van der Waals surface area contributed by atoms with Gasteiger partial charge in [-0.25, -0.2) is 0 Å². The lowest BCUT2D eigenvalue weighted by molar-refractivity contribution is 0.400. The molecule has 0 aliphatic carbocycles. The second-order valence-electron chi connectivity index (χ2n) is 6.26. The van der Waals surface area contributed by atoms with Crippen molar-refractivity contribution < 1.29 is 5.11 Å². The Labute approximate surface area is 159 Å². The van der Waals surface area contributed by atoms with Crippen molar-refractivity contribution in [3.63, 3.8) is 0 Å². The van der Waals surface area contributed by atoms with Gasteiger partial charge in [0, 0.05) is 30.9 Å². The zero-order valence-corrected chi connectivity index (χ0v) is 16.4. The van der Waals surface area contributed by atoms with Crippen LogP contribution < -0.4 is 5.56 Å². The maximum atomic E-state index is 12.5. The molecule has 1 aromatic heterocycles. The van der Waals surface area contributed by atoms with Crippen LogP contribution in [-0.4, -0.2) is 32.8 Å². The lowest BCUT2D eigenvalue weighted by Gasteiger charge is -2.21. The summed E-state index contributed by atoms with van der Waals surface area (Å²) in [4.78, 5) is 14.6. The third-order valence-electron chi connectivity index (χ3n) is 4.32. The van der Waals surface area contributed by atoms with Crippen molar-refractivity contribution in [3.05, 3.63) is 34.6 Å². The molecule has 1 aromatic carbocycles. The SMILES string of the molecule is CCCCN(CCCC)C(=S)N=Nc1c(=O)n(C)c(O)c2ccccc12. The molecule has 0 aliphatic heterocycles. The van der Waals surface area contributed by atoms with Gasteiger partial charge in [-0.15, -0.1) is 10.2 Å². The van der Waals surface area contributed by atoms with Gasteiger partial charge in [-0.3, -0.25) is 9.36 Å². The molecule has 0 bridgehead atoms. The van der Waals surface area contributed by atoms with Crippen LogP contribution in [0.3, 0.4) is 0 Å². The molecule has 140 valence electrons. The van der Waals surface area contributed by atoms with Crippen molar-refractivity contribution in [1.82, 2.24) is 9.47 Å². The van der Waals surface area contributed by atoms with Gasteiger partial charge in [-0.05, 0) is 31.1 Å². The van der Waals surface area contributed by atoms with Gasteiger partial charge in [-0.1, -0.05) is 44.9 Å². The van der Waals surface area contributed by atoms with E-state index < -0.39 is 5.56 Å². The van der Waals surface area contributed by atoms with Crippen molar-refractivity contribution in [3.8, 4) is 5.88 Å². The second kappa shape index (κ2) is 9.43.